The highest BCUT2D eigenvalue weighted by Gasteiger charge is 2.17. The number of nitrogens with zero attached hydrogens (tertiary/aromatic N) is 1. The summed E-state index contributed by atoms with van der Waals surface area (Å²) in [5, 5.41) is 3.71. The number of hydrogen-bond acceptors (Lipinski definition) is 4. The maximum atomic E-state index is 12.0. The highest BCUT2D eigenvalue weighted by atomic mass is 35.5. The second-order valence-electron chi connectivity index (χ2n) is 2.82. The number of anilines is 1. The van der Waals surface area contributed by atoms with E-state index >= 15 is 0 Å². The lowest BCUT2D eigenvalue weighted by molar-refractivity contribution is 0.597. The Labute approximate surface area is 108 Å². The molecular weight excluding hydrogens is 264 g/mol. The molecular formula is C10H11ClN2OS2. The summed E-state index contributed by atoms with van der Waals surface area (Å²) >= 11 is 0.302. The number of nitrogens with one attached hydrogen (secondary N) is 1. The number of halogens is 1. The van der Waals surface area contributed by atoms with Gasteiger partial charge in [0, 0.05) is 18.2 Å². The zero-order chi connectivity index (χ0) is 10.7. The summed E-state index contributed by atoms with van der Waals surface area (Å²) < 4.78 is 12.8. The Morgan fingerprint density at radius 2 is 2.00 bits per heavy atom. The van der Waals surface area contributed by atoms with Gasteiger partial charge in [-0.25, -0.2) is 4.98 Å². The Hall–Kier alpha value is -0.750. The molecule has 0 amide bonds. The molecule has 2 rings (SSSR count). The van der Waals surface area contributed by atoms with Crippen molar-refractivity contribution in [3.8, 4) is 0 Å². The Kier molecular flexibility index (Phi) is 5.08. The first-order valence-corrected chi connectivity index (χ1v) is 6.38. The van der Waals surface area contributed by atoms with Gasteiger partial charge >= 0.3 is 0 Å². The normalized spacial score (nSPS) is 11.6. The first-order chi connectivity index (χ1) is 7.31. The van der Waals surface area contributed by atoms with Crippen LogP contribution in [0, 0.1) is 0 Å². The summed E-state index contributed by atoms with van der Waals surface area (Å²) in [4.78, 5) is 4.90. The van der Waals surface area contributed by atoms with Crippen molar-refractivity contribution in [3.05, 3.63) is 36.5 Å². The maximum absolute atomic E-state index is 12.0. The van der Waals surface area contributed by atoms with E-state index in [2.05, 4.69) is 10.3 Å². The number of hydrogen-bond donors (Lipinski definition) is 1. The van der Waals surface area contributed by atoms with E-state index in [1.165, 1.54) is 11.3 Å². The first-order valence-electron chi connectivity index (χ1n) is 4.41. The molecule has 0 bridgehead atoms. The van der Waals surface area contributed by atoms with E-state index in [1.54, 1.807) is 13.2 Å². The summed E-state index contributed by atoms with van der Waals surface area (Å²) in [5.41, 5.74) is 0. The van der Waals surface area contributed by atoms with Crippen LogP contribution in [0.2, 0.25) is 0 Å². The highest BCUT2D eigenvalue weighted by Crippen LogP contribution is 2.27. The second kappa shape index (κ2) is 6.10. The van der Waals surface area contributed by atoms with Gasteiger partial charge in [-0.3, -0.25) is 0 Å². The average Bonchev–Trinajstić information content (AvgIpc) is 2.78. The van der Waals surface area contributed by atoms with Crippen molar-refractivity contribution >= 4 is 40.1 Å². The van der Waals surface area contributed by atoms with Crippen LogP contribution in [-0.2, 0) is 11.2 Å². The number of benzene rings is 1. The van der Waals surface area contributed by atoms with Crippen LogP contribution < -0.4 is 5.32 Å². The Morgan fingerprint density at radius 1 is 1.31 bits per heavy atom. The molecule has 0 aliphatic carbocycles. The largest absolute Gasteiger partial charge is 0.606 e. The lowest BCUT2D eigenvalue weighted by Gasteiger charge is -2.05. The quantitative estimate of drug-likeness (QED) is 0.876. The van der Waals surface area contributed by atoms with Gasteiger partial charge in [-0.1, -0.05) is 18.2 Å². The van der Waals surface area contributed by atoms with Crippen molar-refractivity contribution in [2.45, 2.75) is 9.10 Å². The topological polar surface area (TPSA) is 48.0 Å². The molecule has 86 valence electrons. The maximum Gasteiger partial charge on any atom is 0.234 e. The van der Waals surface area contributed by atoms with Gasteiger partial charge in [-0.15, -0.1) is 12.4 Å². The fourth-order valence-electron chi connectivity index (χ4n) is 1.12. The van der Waals surface area contributed by atoms with Gasteiger partial charge in [0.25, 0.3) is 0 Å². The van der Waals surface area contributed by atoms with E-state index < -0.39 is 11.2 Å². The molecule has 1 heterocycles. The van der Waals surface area contributed by atoms with Crippen molar-refractivity contribution < 1.29 is 4.55 Å². The van der Waals surface area contributed by atoms with Crippen molar-refractivity contribution in [1.82, 2.24) is 4.98 Å². The third-order valence-electron chi connectivity index (χ3n) is 1.84. The molecule has 1 unspecified atom stereocenters. The number of rotatable bonds is 3. The highest BCUT2D eigenvalue weighted by molar-refractivity contribution is 7.93. The van der Waals surface area contributed by atoms with Crippen LogP contribution in [0.4, 0.5) is 5.13 Å². The van der Waals surface area contributed by atoms with Gasteiger partial charge in [-0.05, 0) is 23.5 Å². The first kappa shape index (κ1) is 13.3. The molecule has 0 saturated heterocycles. The van der Waals surface area contributed by atoms with Gasteiger partial charge < -0.3 is 9.87 Å². The molecule has 0 aliphatic heterocycles. The molecule has 16 heavy (non-hydrogen) atoms. The minimum Gasteiger partial charge on any atom is -0.606 e. The number of thiazole rings is 1. The van der Waals surface area contributed by atoms with Gasteiger partial charge in [-0.2, -0.15) is 0 Å². The van der Waals surface area contributed by atoms with Crippen LogP contribution >= 0.6 is 23.7 Å². The Bertz CT molecular complexity index is 435. The van der Waals surface area contributed by atoms with Crippen LogP contribution in [0.25, 0.3) is 0 Å². The van der Waals surface area contributed by atoms with Crippen LogP contribution in [-0.4, -0.2) is 16.6 Å². The molecule has 6 heteroatoms. The van der Waals surface area contributed by atoms with Crippen molar-refractivity contribution in [2.75, 3.05) is 12.4 Å². The molecule has 1 aromatic heterocycles. The molecule has 1 aromatic carbocycles. The smallest absolute Gasteiger partial charge is 0.234 e. The van der Waals surface area contributed by atoms with E-state index in [1.807, 2.05) is 30.3 Å². The Balaban J connectivity index is 0.00000128. The summed E-state index contributed by atoms with van der Waals surface area (Å²) in [6.45, 7) is 0. The molecule has 1 atom stereocenters. The molecule has 0 radical (unpaired) electrons. The van der Waals surface area contributed by atoms with E-state index in [4.69, 9.17) is 0 Å². The molecule has 0 fully saturated rings. The van der Waals surface area contributed by atoms with Crippen LogP contribution in [0.1, 0.15) is 0 Å². The summed E-state index contributed by atoms with van der Waals surface area (Å²) in [7, 11) is 1.80. The van der Waals surface area contributed by atoms with Crippen molar-refractivity contribution in [2.24, 2.45) is 0 Å². The summed E-state index contributed by atoms with van der Waals surface area (Å²) in [6.07, 6.45) is 1.65. The third kappa shape index (κ3) is 2.89. The third-order valence-corrected chi connectivity index (χ3v) is 4.52. The molecule has 3 nitrogen and oxygen atoms in total. The van der Waals surface area contributed by atoms with Crippen LogP contribution in [0.15, 0.2) is 45.6 Å². The predicted octanol–water partition coefficient (Wildman–Crippen LogP) is 2.77. The Morgan fingerprint density at radius 3 is 2.56 bits per heavy atom. The molecule has 0 aliphatic rings. The van der Waals surface area contributed by atoms with Crippen LogP contribution in [0.3, 0.4) is 0 Å². The predicted molar refractivity (Wildman–Crippen MR) is 70.0 cm³/mol. The lowest BCUT2D eigenvalue weighted by atomic mass is 10.4. The van der Waals surface area contributed by atoms with Gasteiger partial charge in [0.2, 0.25) is 4.21 Å². The zero-order valence-electron chi connectivity index (χ0n) is 8.54. The minimum absolute atomic E-state index is 0. The zero-order valence-corrected chi connectivity index (χ0v) is 11.0. The van der Waals surface area contributed by atoms with Crippen molar-refractivity contribution in [3.63, 3.8) is 0 Å². The SMILES string of the molecule is CNc1ncc([S+]([O-])c2ccccc2)s1.Cl. The fourth-order valence-corrected chi connectivity index (χ4v) is 3.24. The lowest BCUT2D eigenvalue weighted by Crippen LogP contribution is -1.98. The van der Waals surface area contributed by atoms with E-state index in [-0.39, 0.29) is 12.4 Å². The van der Waals surface area contributed by atoms with E-state index in [0.717, 1.165) is 14.2 Å². The van der Waals surface area contributed by atoms with Gasteiger partial charge in [0.05, 0.1) is 6.20 Å². The van der Waals surface area contributed by atoms with Gasteiger partial charge in [0.15, 0.2) is 10.0 Å². The molecule has 1 N–H and O–H groups in total. The second-order valence-corrected chi connectivity index (χ2v) is 5.55. The van der Waals surface area contributed by atoms with E-state index in [9.17, 15) is 4.55 Å². The van der Waals surface area contributed by atoms with Crippen molar-refractivity contribution in [1.29, 1.82) is 0 Å². The average molecular weight is 275 g/mol. The minimum atomic E-state index is -1.11. The summed E-state index contributed by atoms with van der Waals surface area (Å²) in [6, 6.07) is 9.39. The monoisotopic (exact) mass is 274 g/mol. The fraction of sp³-hybridized carbons (Fsp3) is 0.100. The molecule has 0 saturated carbocycles. The molecule has 0 spiro atoms. The van der Waals surface area contributed by atoms with Crippen LogP contribution in [0.5, 0.6) is 0 Å². The number of aromatic nitrogens is 1. The summed E-state index contributed by atoms with van der Waals surface area (Å²) in [5.74, 6) is 0. The molecule has 2 aromatic rings. The van der Waals surface area contributed by atoms with Gasteiger partial charge in [0.1, 0.15) is 0 Å². The standard InChI is InChI=1S/C10H10N2OS2.ClH/c1-11-10-12-7-9(14-10)15(13)8-5-3-2-4-6-8;/h2-7H,1H3,(H,11,12);1H. The van der Waals surface area contributed by atoms with E-state index in [0.29, 0.717) is 0 Å².